The molecular weight excluding hydrogens is 430 g/mol. The number of benzene rings is 3. The van der Waals surface area contributed by atoms with Gasteiger partial charge in [0.2, 0.25) is 10.0 Å². The third-order valence-corrected chi connectivity index (χ3v) is 6.71. The molecule has 1 heterocycles. The summed E-state index contributed by atoms with van der Waals surface area (Å²) >= 11 is 6.16. The van der Waals surface area contributed by atoms with E-state index in [4.69, 9.17) is 11.6 Å². The molecule has 4 rings (SSSR count). The Morgan fingerprint density at radius 1 is 1.00 bits per heavy atom. The Kier molecular flexibility index (Phi) is 5.77. The fourth-order valence-electron chi connectivity index (χ4n) is 3.72. The number of hydrogen-bond acceptors (Lipinski definition) is 3. The summed E-state index contributed by atoms with van der Waals surface area (Å²) in [6.45, 7) is 0.989. The number of halogens is 3. The number of anilines is 1. The first-order chi connectivity index (χ1) is 14.3. The highest BCUT2D eigenvalue weighted by molar-refractivity contribution is 7.89. The maximum atomic E-state index is 13.5. The number of nitrogens with zero attached hydrogens (tertiary/aromatic N) is 1. The van der Waals surface area contributed by atoms with E-state index in [0.717, 1.165) is 28.9 Å². The monoisotopic (exact) mass is 448 g/mol. The van der Waals surface area contributed by atoms with Crippen LogP contribution in [0.5, 0.6) is 0 Å². The van der Waals surface area contributed by atoms with Gasteiger partial charge < -0.3 is 4.90 Å². The second-order valence-electron chi connectivity index (χ2n) is 7.27. The molecule has 156 valence electrons. The van der Waals surface area contributed by atoms with Gasteiger partial charge in [-0.2, -0.15) is 0 Å². The second-order valence-corrected chi connectivity index (χ2v) is 9.42. The molecule has 1 aliphatic heterocycles. The summed E-state index contributed by atoms with van der Waals surface area (Å²) in [5.74, 6) is -1.89. The van der Waals surface area contributed by atoms with Crippen molar-refractivity contribution in [2.24, 2.45) is 0 Å². The van der Waals surface area contributed by atoms with Crippen molar-refractivity contribution >= 4 is 27.3 Å². The summed E-state index contributed by atoms with van der Waals surface area (Å²) < 4.78 is 55.2. The zero-order valence-corrected chi connectivity index (χ0v) is 17.4. The van der Waals surface area contributed by atoms with E-state index in [1.54, 1.807) is 6.07 Å². The molecule has 3 aromatic rings. The van der Waals surface area contributed by atoms with Gasteiger partial charge in [-0.05, 0) is 47.9 Å². The molecule has 0 saturated heterocycles. The number of sulfonamides is 1. The van der Waals surface area contributed by atoms with Crippen molar-refractivity contribution in [3.05, 3.63) is 94.5 Å². The van der Waals surface area contributed by atoms with Gasteiger partial charge in [0.25, 0.3) is 0 Å². The summed E-state index contributed by atoms with van der Waals surface area (Å²) in [7, 11) is -4.10. The molecule has 0 radical (unpaired) electrons. The molecule has 8 heteroatoms. The second kappa shape index (κ2) is 8.34. The summed E-state index contributed by atoms with van der Waals surface area (Å²) in [6.07, 6.45) is 0.415. The molecule has 1 atom stereocenters. The lowest BCUT2D eigenvalue weighted by Crippen LogP contribution is -2.48. The number of rotatable bonds is 5. The average Bonchev–Trinajstić information content (AvgIpc) is 2.67. The molecule has 4 nitrogen and oxygen atoms in total. The van der Waals surface area contributed by atoms with Gasteiger partial charge in [-0.15, -0.1) is 0 Å². The predicted molar refractivity (Wildman–Crippen MR) is 113 cm³/mol. The van der Waals surface area contributed by atoms with E-state index < -0.39 is 32.6 Å². The van der Waals surface area contributed by atoms with Crippen molar-refractivity contribution in [2.45, 2.75) is 23.9 Å². The van der Waals surface area contributed by atoms with E-state index >= 15 is 0 Å². The molecule has 1 aliphatic rings. The van der Waals surface area contributed by atoms with Crippen molar-refractivity contribution in [1.29, 1.82) is 0 Å². The largest absolute Gasteiger partial charge is 0.365 e. The highest BCUT2D eigenvalue weighted by Crippen LogP contribution is 2.31. The van der Waals surface area contributed by atoms with Crippen molar-refractivity contribution in [3.63, 3.8) is 0 Å². The first kappa shape index (κ1) is 20.8. The predicted octanol–water partition coefficient (Wildman–Crippen LogP) is 4.53. The maximum absolute atomic E-state index is 13.5. The van der Waals surface area contributed by atoms with Crippen molar-refractivity contribution in [2.75, 3.05) is 11.4 Å². The molecule has 1 unspecified atom stereocenters. The highest BCUT2D eigenvalue weighted by Gasteiger charge is 2.29. The first-order valence-electron chi connectivity index (χ1n) is 9.36. The summed E-state index contributed by atoms with van der Waals surface area (Å²) in [6, 6.07) is 17.1. The fourth-order valence-corrected chi connectivity index (χ4v) is 5.19. The first-order valence-corrected chi connectivity index (χ1v) is 11.2. The zero-order chi connectivity index (χ0) is 21.3. The molecule has 3 aromatic carbocycles. The molecule has 0 saturated carbocycles. The highest BCUT2D eigenvalue weighted by atomic mass is 35.5. The SMILES string of the molecule is O=S(=O)(NC1Cc2cc(Cl)ccc2N(Cc2ccccc2)C1)c1cc(F)cc(F)c1. The molecule has 1 N–H and O–H groups in total. The average molecular weight is 449 g/mol. The van der Waals surface area contributed by atoms with Gasteiger partial charge in [-0.25, -0.2) is 21.9 Å². The normalized spacial score (nSPS) is 16.4. The van der Waals surface area contributed by atoms with Gasteiger partial charge in [0.1, 0.15) is 11.6 Å². The lowest BCUT2D eigenvalue weighted by atomic mass is 9.98. The minimum atomic E-state index is -4.10. The topological polar surface area (TPSA) is 49.4 Å². The van der Waals surface area contributed by atoms with Crippen molar-refractivity contribution < 1.29 is 17.2 Å². The van der Waals surface area contributed by atoms with Gasteiger partial charge in [0, 0.05) is 35.9 Å². The standard InChI is InChI=1S/C22H19ClF2N2O2S/c23-17-6-7-22-16(8-17)9-20(14-27(22)13-15-4-2-1-3-5-15)26-30(28,29)21-11-18(24)10-19(25)12-21/h1-8,10-12,20,26H,9,13-14H2. The van der Waals surface area contributed by atoms with E-state index in [-0.39, 0.29) is 0 Å². The van der Waals surface area contributed by atoms with Crippen LogP contribution in [0.25, 0.3) is 0 Å². The van der Waals surface area contributed by atoms with Gasteiger partial charge in [-0.1, -0.05) is 41.9 Å². The van der Waals surface area contributed by atoms with Crippen LogP contribution in [0.1, 0.15) is 11.1 Å². The molecule has 0 aliphatic carbocycles. The number of fused-ring (bicyclic) bond motifs is 1. The van der Waals surface area contributed by atoms with Gasteiger partial charge >= 0.3 is 0 Å². The van der Waals surface area contributed by atoms with Crippen LogP contribution >= 0.6 is 11.6 Å². The quantitative estimate of drug-likeness (QED) is 0.624. The van der Waals surface area contributed by atoms with Gasteiger partial charge in [0.05, 0.1) is 4.90 Å². The minimum absolute atomic E-state index is 0.403. The Morgan fingerprint density at radius 3 is 2.40 bits per heavy atom. The molecule has 0 aromatic heterocycles. The summed E-state index contributed by atoms with van der Waals surface area (Å²) in [4.78, 5) is 1.63. The van der Waals surface area contributed by atoms with Crippen LogP contribution in [0.4, 0.5) is 14.5 Å². The Morgan fingerprint density at radius 2 is 1.70 bits per heavy atom. The molecule has 0 bridgehead atoms. The lowest BCUT2D eigenvalue weighted by Gasteiger charge is -2.36. The van der Waals surface area contributed by atoms with E-state index in [1.165, 1.54) is 0 Å². The van der Waals surface area contributed by atoms with Crippen molar-refractivity contribution in [3.8, 4) is 0 Å². The van der Waals surface area contributed by atoms with Crippen LogP contribution in [0.15, 0.2) is 71.6 Å². The minimum Gasteiger partial charge on any atom is -0.365 e. The van der Waals surface area contributed by atoms with Crippen LogP contribution in [-0.4, -0.2) is 21.0 Å². The van der Waals surface area contributed by atoms with E-state index in [9.17, 15) is 17.2 Å². The van der Waals surface area contributed by atoms with Crippen LogP contribution in [0.3, 0.4) is 0 Å². The molecule has 0 amide bonds. The van der Waals surface area contributed by atoms with Crippen LogP contribution < -0.4 is 9.62 Å². The van der Waals surface area contributed by atoms with E-state index in [0.29, 0.717) is 30.6 Å². The fraction of sp³-hybridized carbons (Fsp3) is 0.182. The Labute approximate surface area is 179 Å². The molecule has 0 spiro atoms. The Balaban J connectivity index is 1.63. The van der Waals surface area contributed by atoms with E-state index in [2.05, 4.69) is 9.62 Å². The number of nitrogens with one attached hydrogen (secondary N) is 1. The summed E-state index contributed by atoms with van der Waals surface area (Å²) in [5, 5.41) is 0.559. The van der Waals surface area contributed by atoms with Crippen LogP contribution in [0.2, 0.25) is 5.02 Å². The Bertz CT molecular complexity index is 1150. The molecule has 30 heavy (non-hydrogen) atoms. The molecular formula is C22H19ClF2N2O2S. The Hall–Kier alpha value is -2.48. The zero-order valence-electron chi connectivity index (χ0n) is 15.9. The van der Waals surface area contributed by atoms with Crippen LogP contribution in [-0.2, 0) is 23.0 Å². The third-order valence-electron chi connectivity index (χ3n) is 4.97. The van der Waals surface area contributed by atoms with Crippen LogP contribution in [0, 0.1) is 11.6 Å². The van der Waals surface area contributed by atoms with Crippen molar-refractivity contribution in [1.82, 2.24) is 4.72 Å². The van der Waals surface area contributed by atoms with E-state index in [1.807, 2.05) is 42.5 Å². The third kappa shape index (κ3) is 4.64. The summed E-state index contributed by atoms with van der Waals surface area (Å²) in [5.41, 5.74) is 2.97. The van der Waals surface area contributed by atoms with Gasteiger partial charge in [-0.3, -0.25) is 0 Å². The maximum Gasteiger partial charge on any atom is 0.241 e. The molecule has 0 fully saturated rings. The number of hydrogen-bond donors (Lipinski definition) is 1. The smallest absolute Gasteiger partial charge is 0.241 e. The van der Waals surface area contributed by atoms with Gasteiger partial charge in [0.15, 0.2) is 0 Å². The lowest BCUT2D eigenvalue weighted by molar-refractivity contribution is 0.521.